The molecule has 1 N–H and O–H groups in total. The van der Waals surface area contributed by atoms with E-state index in [0.717, 1.165) is 22.7 Å². The first-order chi connectivity index (χ1) is 12.2. The van der Waals surface area contributed by atoms with Crippen LogP contribution < -0.4 is 5.32 Å². The predicted octanol–water partition coefficient (Wildman–Crippen LogP) is 4.64. The molecule has 25 heavy (non-hydrogen) atoms. The van der Waals surface area contributed by atoms with Crippen molar-refractivity contribution >= 4 is 19.1 Å². The molecule has 0 spiro atoms. The molecule has 0 atom stereocenters. The number of nitrogens with one attached hydrogen (secondary N) is 1. The Kier molecular flexibility index (Phi) is 5.53. The third-order valence-corrected chi connectivity index (χ3v) is 5.52. The van der Waals surface area contributed by atoms with Gasteiger partial charge in [-0.2, -0.15) is 0 Å². The van der Waals surface area contributed by atoms with Gasteiger partial charge in [-0.15, -0.1) is 0 Å². The smallest absolute Gasteiger partial charge is 0.349 e. The van der Waals surface area contributed by atoms with Gasteiger partial charge in [-0.05, 0) is 26.0 Å². The topological polar surface area (TPSA) is 64.9 Å². The molecule has 0 saturated heterocycles. The van der Waals surface area contributed by atoms with Gasteiger partial charge in [-0.1, -0.05) is 36.4 Å². The normalized spacial score (nSPS) is 11.8. The van der Waals surface area contributed by atoms with Crippen molar-refractivity contribution in [3.8, 4) is 11.3 Å². The fraction of sp³-hybridized carbons (Fsp3) is 0.278. The maximum absolute atomic E-state index is 12.8. The molecule has 2 heterocycles. The molecule has 6 nitrogen and oxygen atoms in total. The number of anilines is 1. The summed E-state index contributed by atoms with van der Waals surface area (Å²) in [5.74, 6) is 0.765. The summed E-state index contributed by atoms with van der Waals surface area (Å²) in [6.45, 7) is 4.26. The van der Waals surface area contributed by atoms with Gasteiger partial charge in [-0.3, -0.25) is 8.97 Å². The molecule has 0 radical (unpaired) electrons. The van der Waals surface area contributed by atoms with Crippen LogP contribution in [0.25, 0.3) is 16.9 Å². The van der Waals surface area contributed by atoms with E-state index in [1.807, 2.05) is 59.1 Å². The van der Waals surface area contributed by atoms with Crippen molar-refractivity contribution in [2.24, 2.45) is 0 Å². The highest BCUT2D eigenvalue weighted by Gasteiger charge is 2.25. The first kappa shape index (κ1) is 17.7. The van der Waals surface area contributed by atoms with E-state index in [4.69, 9.17) is 14.0 Å². The first-order valence-corrected chi connectivity index (χ1v) is 10.0. The van der Waals surface area contributed by atoms with Crippen LogP contribution in [0.5, 0.6) is 0 Å². The molecular weight excluding hydrogens is 337 g/mol. The highest BCUT2D eigenvalue weighted by molar-refractivity contribution is 7.53. The number of hydrogen-bond donors (Lipinski definition) is 1. The van der Waals surface area contributed by atoms with Crippen molar-refractivity contribution in [1.29, 1.82) is 0 Å². The number of fused-ring (bicyclic) bond motifs is 1. The quantitative estimate of drug-likeness (QED) is 0.594. The summed E-state index contributed by atoms with van der Waals surface area (Å²) in [7, 11) is -3.20. The third kappa shape index (κ3) is 3.93. The largest absolute Gasteiger partial charge is 0.358 e. The number of hydrogen-bond acceptors (Lipinski definition) is 5. The second kappa shape index (κ2) is 7.83. The minimum atomic E-state index is -3.20. The van der Waals surface area contributed by atoms with Crippen LogP contribution in [0.1, 0.15) is 13.8 Å². The van der Waals surface area contributed by atoms with Crippen molar-refractivity contribution < 1.29 is 13.6 Å². The lowest BCUT2D eigenvalue weighted by Crippen LogP contribution is -2.10. The van der Waals surface area contributed by atoms with E-state index in [-0.39, 0.29) is 6.29 Å². The molecule has 3 rings (SSSR count). The van der Waals surface area contributed by atoms with Gasteiger partial charge in [0.1, 0.15) is 23.4 Å². The molecule has 1 aromatic carbocycles. The Morgan fingerprint density at radius 3 is 2.40 bits per heavy atom. The van der Waals surface area contributed by atoms with Crippen LogP contribution in [0.15, 0.2) is 54.7 Å². The van der Waals surface area contributed by atoms with Gasteiger partial charge < -0.3 is 14.4 Å². The summed E-state index contributed by atoms with van der Waals surface area (Å²) >= 11 is 0. The molecule has 0 aliphatic carbocycles. The van der Waals surface area contributed by atoms with E-state index in [1.54, 1.807) is 13.8 Å². The van der Waals surface area contributed by atoms with E-state index < -0.39 is 7.60 Å². The minimum absolute atomic E-state index is 0.0806. The average Bonchev–Trinajstić information content (AvgIpc) is 3.00. The SMILES string of the molecule is CCOP(=O)(CNc1c(-c2ccccc2)nc2ccccn12)OCC. The summed E-state index contributed by atoms with van der Waals surface area (Å²) in [4.78, 5) is 4.70. The molecule has 0 fully saturated rings. The molecule has 0 bridgehead atoms. The molecule has 0 amide bonds. The van der Waals surface area contributed by atoms with Gasteiger partial charge in [0.15, 0.2) is 0 Å². The molecule has 7 heteroatoms. The Hall–Kier alpha value is -2.14. The van der Waals surface area contributed by atoms with E-state index in [0.29, 0.717) is 13.2 Å². The Morgan fingerprint density at radius 2 is 1.72 bits per heavy atom. The molecule has 2 aromatic heterocycles. The number of nitrogens with zero attached hydrogens (tertiary/aromatic N) is 2. The summed E-state index contributed by atoms with van der Waals surface area (Å²) in [6.07, 6.45) is 2.00. The number of pyridine rings is 1. The Balaban J connectivity index is 1.98. The lowest BCUT2D eigenvalue weighted by Gasteiger charge is -2.18. The van der Waals surface area contributed by atoms with Crippen molar-refractivity contribution in [1.82, 2.24) is 9.38 Å². The van der Waals surface area contributed by atoms with Crippen molar-refractivity contribution in [2.75, 3.05) is 24.8 Å². The van der Waals surface area contributed by atoms with Gasteiger partial charge in [0, 0.05) is 11.8 Å². The highest BCUT2D eigenvalue weighted by atomic mass is 31.2. The standard InChI is InChI=1S/C18H22N3O3P/c1-3-23-25(22,24-4-2)14-19-18-17(15-10-6-5-7-11-15)20-16-12-8-9-13-21(16)18/h5-13,19H,3-4,14H2,1-2H3. The van der Waals surface area contributed by atoms with Crippen LogP contribution in [0.2, 0.25) is 0 Å². The second-order valence-corrected chi connectivity index (χ2v) is 7.44. The van der Waals surface area contributed by atoms with Gasteiger partial charge in [-0.25, -0.2) is 4.98 Å². The average molecular weight is 359 g/mol. The highest BCUT2D eigenvalue weighted by Crippen LogP contribution is 2.48. The number of imidazole rings is 1. The zero-order valence-electron chi connectivity index (χ0n) is 14.4. The summed E-state index contributed by atoms with van der Waals surface area (Å²) in [5.41, 5.74) is 2.59. The summed E-state index contributed by atoms with van der Waals surface area (Å²) in [5, 5.41) is 3.23. The molecule has 3 aromatic rings. The van der Waals surface area contributed by atoms with Crippen LogP contribution in [0, 0.1) is 0 Å². The molecule has 0 saturated carbocycles. The Morgan fingerprint density at radius 1 is 1.04 bits per heavy atom. The molecular formula is C18H22N3O3P. The molecule has 0 aliphatic heterocycles. The lowest BCUT2D eigenvalue weighted by atomic mass is 10.1. The maximum atomic E-state index is 12.8. The number of aromatic nitrogens is 2. The van der Waals surface area contributed by atoms with E-state index in [2.05, 4.69) is 5.32 Å². The Bertz CT molecular complexity index is 870. The second-order valence-electron chi connectivity index (χ2n) is 5.39. The van der Waals surface area contributed by atoms with Crippen LogP contribution >= 0.6 is 7.60 Å². The maximum Gasteiger partial charge on any atom is 0.349 e. The predicted molar refractivity (Wildman–Crippen MR) is 100.0 cm³/mol. The summed E-state index contributed by atoms with van der Waals surface area (Å²) in [6, 6.07) is 15.7. The van der Waals surface area contributed by atoms with Gasteiger partial charge >= 0.3 is 7.60 Å². The van der Waals surface area contributed by atoms with Gasteiger partial charge in [0.05, 0.1) is 13.2 Å². The number of rotatable bonds is 8. The zero-order chi connectivity index (χ0) is 17.7. The third-order valence-electron chi connectivity index (χ3n) is 3.67. The van der Waals surface area contributed by atoms with E-state index in [9.17, 15) is 4.57 Å². The fourth-order valence-corrected chi connectivity index (χ4v) is 4.04. The Labute approximate surface area is 147 Å². The zero-order valence-corrected chi connectivity index (χ0v) is 15.3. The molecule has 132 valence electrons. The van der Waals surface area contributed by atoms with Crippen LogP contribution in [-0.4, -0.2) is 28.9 Å². The summed E-state index contributed by atoms with van der Waals surface area (Å²) < 4.78 is 25.4. The van der Waals surface area contributed by atoms with Crippen molar-refractivity contribution in [2.45, 2.75) is 13.8 Å². The fourth-order valence-electron chi connectivity index (χ4n) is 2.66. The molecule has 0 unspecified atom stereocenters. The van der Waals surface area contributed by atoms with Gasteiger partial charge in [0.25, 0.3) is 0 Å². The van der Waals surface area contributed by atoms with Crippen molar-refractivity contribution in [3.05, 3.63) is 54.7 Å². The number of benzene rings is 1. The molecule has 0 aliphatic rings. The monoisotopic (exact) mass is 359 g/mol. The van der Waals surface area contributed by atoms with E-state index >= 15 is 0 Å². The lowest BCUT2D eigenvalue weighted by molar-refractivity contribution is 0.221. The van der Waals surface area contributed by atoms with Crippen LogP contribution in [0.4, 0.5) is 5.82 Å². The van der Waals surface area contributed by atoms with E-state index in [1.165, 1.54) is 0 Å². The van der Waals surface area contributed by atoms with Crippen LogP contribution in [-0.2, 0) is 13.6 Å². The minimum Gasteiger partial charge on any atom is -0.358 e. The van der Waals surface area contributed by atoms with Crippen molar-refractivity contribution in [3.63, 3.8) is 0 Å². The van der Waals surface area contributed by atoms with Crippen LogP contribution in [0.3, 0.4) is 0 Å². The van der Waals surface area contributed by atoms with Gasteiger partial charge in [0.2, 0.25) is 0 Å². The first-order valence-electron chi connectivity index (χ1n) is 8.31.